The number of nitrogens with zero attached hydrogens (tertiary/aromatic N) is 2. The maximum Gasteiger partial charge on any atom is 0.207 e. The number of nitrogens with two attached hydrogens (primary N) is 1. The molecule has 3 aromatic rings. The highest BCUT2D eigenvalue weighted by Crippen LogP contribution is 2.32. The van der Waals surface area contributed by atoms with Gasteiger partial charge in [-0.25, -0.2) is 4.98 Å². The molecule has 0 aliphatic carbocycles. The molecule has 0 bridgehead atoms. The fourth-order valence-corrected chi connectivity index (χ4v) is 2.20. The summed E-state index contributed by atoms with van der Waals surface area (Å²) >= 11 is 0. The molecular weight excluding hydrogens is 250 g/mol. The molecule has 0 unspecified atom stereocenters. The van der Waals surface area contributed by atoms with Crippen LogP contribution >= 0.6 is 0 Å². The summed E-state index contributed by atoms with van der Waals surface area (Å²) in [5.74, 6) is 0.662. The third kappa shape index (κ3) is 2.03. The van der Waals surface area contributed by atoms with Crippen molar-refractivity contribution < 1.29 is 4.42 Å². The second-order valence-electron chi connectivity index (χ2n) is 5.54. The Labute approximate surface area is 117 Å². The molecule has 1 aromatic carbocycles. The van der Waals surface area contributed by atoms with Crippen molar-refractivity contribution in [3.05, 3.63) is 53.5 Å². The molecule has 0 fully saturated rings. The van der Waals surface area contributed by atoms with Crippen molar-refractivity contribution in [2.45, 2.75) is 26.2 Å². The van der Waals surface area contributed by atoms with Crippen molar-refractivity contribution in [2.75, 3.05) is 5.73 Å². The highest BCUT2D eigenvalue weighted by molar-refractivity contribution is 5.68. The van der Waals surface area contributed by atoms with Crippen LogP contribution in [0.1, 0.15) is 31.0 Å². The van der Waals surface area contributed by atoms with Gasteiger partial charge in [0, 0.05) is 11.4 Å². The van der Waals surface area contributed by atoms with Crippen LogP contribution in [0.15, 0.2) is 40.8 Å². The van der Waals surface area contributed by atoms with Gasteiger partial charge < -0.3 is 10.2 Å². The molecule has 4 heteroatoms. The number of rotatable bonds is 2. The Morgan fingerprint density at radius 1 is 1.00 bits per heavy atom. The van der Waals surface area contributed by atoms with Gasteiger partial charge in [0.25, 0.3) is 0 Å². The summed E-state index contributed by atoms with van der Waals surface area (Å²) < 4.78 is 5.87. The summed E-state index contributed by atoms with van der Waals surface area (Å²) in [5, 5.41) is 0. The number of anilines is 1. The Morgan fingerprint density at radius 2 is 1.70 bits per heavy atom. The van der Waals surface area contributed by atoms with Crippen LogP contribution in [0.4, 0.5) is 5.69 Å². The highest BCUT2D eigenvalue weighted by atomic mass is 16.3. The van der Waals surface area contributed by atoms with Crippen LogP contribution in [-0.2, 0) is 5.41 Å². The number of benzene rings is 1. The van der Waals surface area contributed by atoms with Crippen molar-refractivity contribution in [1.29, 1.82) is 0 Å². The normalized spacial score (nSPS) is 11.9. The minimum absolute atomic E-state index is 0.331. The molecule has 0 saturated carbocycles. The zero-order valence-corrected chi connectivity index (χ0v) is 11.8. The molecule has 4 nitrogen and oxygen atoms in total. The number of hydrogen-bond donors (Lipinski definition) is 1. The van der Waals surface area contributed by atoms with Crippen LogP contribution in [0, 0.1) is 6.92 Å². The lowest BCUT2D eigenvalue weighted by Gasteiger charge is -2.21. The van der Waals surface area contributed by atoms with E-state index in [4.69, 9.17) is 10.2 Å². The van der Waals surface area contributed by atoms with Gasteiger partial charge in [-0.05, 0) is 50.6 Å². The molecule has 0 spiro atoms. The van der Waals surface area contributed by atoms with Gasteiger partial charge >= 0.3 is 0 Å². The predicted molar refractivity (Wildman–Crippen MR) is 79.5 cm³/mol. The average molecular weight is 267 g/mol. The summed E-state index contributed by atoms with van der Waals surface area (Å²) in [6.07, 6.45) is 0. The minimum atomic E-state index is -0.331. The van der Waals surface area contributed by atoms with Crippen molar-refractivity contribution in [1.82, 2.24) is 9.97 Å². The monoisotopic (exact) mass is 267 g/mol. The molecule has 102 valence electrons. The quantitative estimate of drug-likeness (QED) is 0.722. The number of aryl methyl sites for hydroxylation is 1. The van der Waals surface area contributed by atoms with Gasteiger partial charge in [0.2, 0.25) is 5.89 Å². The molecule has 0 aliphatic rings. The Morgan fingerprint density at radius 3 is 2.40 bits per heavy atom. The SMILES string of the molecule is Cc1ccc2oc(C(C)(C)c3ccc(N)cc3)nc2n1. The van der Waals surface area contributed by atoms with Crippen molar-refractivity contribution in [3.63, 3.8) is 0 Å². The van der Waals surface area contributed by atoms with Gasteiger partial charge in [0.15, 0.2) is 11.2 Å². The van der Waals surface area contributed by atoms with Crippen molar-refractivity contribution >= 4 is 16.9 Å². The van der Waals surface area contributed by atoms with Gasteiger partial charge in [-0.3, -0.25) is 0 Å². The van der Waals surface area contributed by atoms with Crippen LogP contribution < -0.4 is 5.73 Å². The Bertz CT molecular complexity index is 757. The highest BCUT2D eigenvalue weighted by Gasteiger charge is 2.29. The summed E-state index contributed by atoms with van der Waals surface area (Å²) in [4.78, 5) is 8.93. The van der Waals surface area contributed by atoms with Crippen LogP contribution in [-0.4, -0.2) is 9.97 Å². The summed E-state index contributed by atoms with van der Waals surface area (Å²) in [6.45, 7) is 6.10. The van der Waals surface area contributed by atoms with Gasteiger partial charge in [0.1, 0.15) is 0 Å². The van der Waals surface area contributed by atoms with Crippen LogP contribution in [0.2, 0.25) is 0 Å². The first-order chi connectivity index (χ1) is 9.46. The van der Waals surface area contributed by atoms with Crippen LogP contribution in [0.5, 0.6) is 0 Å². The number of oxazole rings is 1. The molecule has 0 saturated heterocycles. The molecule has 20 heavy (non-hydrogen) atoms. The Hall–Kier alpha value is -2.36. The number of pyridine rings is 1. The van der Waals surface area contributed by atoms with E-state index in [0.29, 0.717) is 17.1 Å². The first kappa shape index (κ1) is 12.7. The van der Waals surface area contributed by atoms with Crippen LogP contribution in [0.25, 0.3) is 11.2 Å². The first-order valence-corrected chi connectivity index (χ1v) is 6.57. The molecule has 2 N–H and O–H groups in total. The fourth-order valence-electron chi connectivity index (χ4n) is 2.20. The molecule has 0 aliphatic heterocycles. The average Bonchev–Trinajstić information content (AvgIpc) is 2.83. The van der Waals surface area contributed by atoms with Gasteiger partial charge in [-0.15, -0.1) is 0 Å². The van der Waals surface area contributed by atoms with E-state index in [1.54, 1.807) is 0 Å². The van der Waals surface area contributed by atoms with E-state index in [2.05, 4.69) is 23.8 Å². The lowest BCUT2D eigenvalue weighted by molar-refractivity contribution is 0.433. The molecule has 0 amide bonds. The number of hydrogen-bond acceptors (Lipinski definition) is 4. The van der Waals surface area contributed by atoms with E-state index < -0.39 is 0 Å². The zero-order valence-electron chi connectivity index (χ0n) is 11.8. The maximum atomic E-state index is 5.87. The van der Waals surface area contributed by atoms with Crippen molar-refractivity contribution in [3.8, 4) is 0 Å². The molecule has 2 aromatic heterocycles. The lowest BCUT2D eigenvalue weighted by atomic mass is 9.84. The minimum Gasteiger partial charge on any atom is -0.438 e. The second-order valence-corrected chi connectivity index (χ2v) is 5.54. The molecule has 0 radical (unpaired) electrons. The fraction of sp³-hybridized carbons (Fsp3) is 0.250. The third-order valence-corrected chi connectivity index (χ3v) is 3.56. The molecule has 0 atom stereocenters. The molecule has 3 rings (SSSR count). The topological polar surface area (TPSA) is 64.9 Å². The van der Waals surface area contributed by atoms with Gasteiger partial charge in [-0.1, -0.05) is 12.1 Å². The van der Waals surface area contributed by atoms with E-state index in [1.807, 2.05) is 43.3 Å². The number of nitrogen functional groups attached to an aromatic ring is 1. The van der Waals surface area contributed by atoms with E-state index in [-0.39, 0.29) is 5.41 Å². The Kier molecular flexibility index (Phi) is 2.74. The summed E-state index contributed by atoms with van der Waals surface area (Å²) in [7, 11) is 0. The largest absolute Gasteiger partial charge is 0.438 e. The summed E-state index contributed by atoms with van der Waals surface area (Å²) in [5.41, 5.74) is 9.57. The standard InChI is InChI=1S/C16H17N3O/c1-10-4-9-13-14(18-10)19-15(20-13)16(2,3)11-5-7-12(17)8-6-11/h4-9H,17H2,1-3H3. The van der Waals surface area contributed by atoms with E-state index >= 15 is 0 Å². The molecule has 2 heterocycles. The van der Waals surface area contributed by atoms with Crippen LogP contribution in [0.3, 0.4) is 0 Å². The smallest absolute Gasteiger partial charge is 0.207 e. The van der Waals surface area contributed by atoms with E-state index in [1.165, 1.54) is 0 Å². The number of fused-ring (bicyclic) bond motifs is 1. The maximum absolute atomic E-state index is 5.87. The third-order valence-electron chi connectivity index (χ3n) is 3.56. The van der Waals surface area contributed by atoms with Crippen molar-refractivity contribution in [2.24, 2.45) is 0 Å². The van der Waals surface area contributed by atoms with Gasteiger partial charge in [-0.2, -0.15) is 4.98 Å². The first-order valence-electron chi connectivity index (χ1n) is 6.57. The van der Waals surface area contributed by atoms with E-state index in [0.717, 1.165) is 16.9 Å². The predicted octanol–water partition coefficient (Wildman–Crippen LogP) is 3.44. The lowest BCUT2D eigenvalue weighted by Crippen LogP contribution is -2.19. The van der Waals surface area contributed by atoms with Gasteiger partial charge in [0.05, 0.1) is 5.41 Å². The number of aromatic nitrogens is 2. The zero-order chi connectivity index (χ0) is 14.3. The second kappa shape index (κ2) is 4.34. The van der Waals surface area contributed by atoms with E-state index in [9.17, 15) is 0 Å². The molecular formula is C16H17N3O. The summed E-state index contributed by atoms with van der Waals surface area (Å²) in [6, 6.07) is 11.6. The Balaban J connectivity index is 2.10.